The summed E-state index contributed by atoms with van der Waals surface area (Å²) in [5.74, 6) is 0.483. The molecule has 4 aromatic carbocycles. The first-order valence-corrected chi connectivity index (χ1v) is 10.2. The van der Waals surface area contributed by atoms with Gasteiger partial charge in [-0.3, -0.25) is 0 Å². The smallest absolute Gasteiger partial charge is 0.200 e. The molecule has 0 saturated carbocycles. The molecule has 6 rings (SSSR count). The molecule has 3 nitrogen and oxygen atoms in total. The van der Waals surface area contributed by atoms with Crippen LogP contribution in [0.1, 0.15) is 22.3 Å². The number of hydrogen-bond donors (Lipinski definition) is 1. The molecular formula is C27H21N3. The molecule has 0 atom stereocenters. The minimum Gasteiger partial charge on any atom is -0.369 e. The zero-order valence-electron chi connectivity index (χ0n) is 16.8. The number of hydrogen-bond acceptors (Lipinski definition) is 1. The highest BCUT2D eigenvalue weighted by atomic mass is 15.2. The van der Waals surface area contributed by atoms with Gasteiger partial charge in [-0.25, -0.2) is 4.99 Å². The quantitative estimate of drug-likeness (QED) is 0.293. The van der Waals surface area contributed by atoms with E-state index >= 15 is 0 Å². The number of guanidine groups is 1. The van der Waals surface area contributed by atoms with Crippen molar-refractivity contribution in [2.24, 2.45) is 10.7 Å². The van der Waals surface area contributed by atoms with Crippen molar-refractivity contribution in [3.05, 3.63) is 95.1 Å². The third-order valence-electron chi connectivity index (χ3n) is 6.25. The van der Waals surface area contributed by atoms with Crippen molar-refractivity contribution < 1.29 is 0 Å². The number of aliphatic imine (C=N–C) groups is 1. The van der Waals surface area contributed by atoms with Gasteiger partial charge >= 0.3 is 0 Å². The van der Waals surface area contributed by atoms with Crippen molar-refractivity contribution in [2.75, 3.05) is 11.9 Å². The Morgan fingerprint density at radius 1 is 0.833 bits per heavy atom. The van der Waals surface area contributed by atoms with Gasteiger partial charge in [0.25, 0.3) is 0 Å². The molecule has 2 aliphatic carbocycles. The van der Waals surface area contributed by atoms with Crippen LogP contribution in [0, 0.1) is 0 Å². The molecule has 144 valence electrons. The van der Waals surface area contributed by atoms with E-state index in [0.717, 1.165) is 17.8 Å². The summed E-state index contributed by atoms with van der Waals surface area (Å²) >= 11 is 0. The summed E-state index contributed by atoms with van der Waals surface area (Å²) in [5.41, 5.74) is 16.2. The minimum atomic E-state index is 0.483. The van der Waals surface area contributed by atoms with Crippen molar-refractivity contribution in [2.45, 2.75) is 6.42 Å². The van der Waals surface area contributed by atoms with E-state index in [1.54, 1.807) is 0 Å². The Kier molecular flexibility index (Phi) is 3.59. The van der Waals surface area contributed by atoms with Crippen LogP contribution in [0.4, 0.5) is 11.4 Å². The van der Waals surface area contributed by atoms with E-state index < -0.39 is 0 Å². The Balaban J connectivity index is 1.36. The zero-order valence-corrected chi connectivity index (χ0v) is 16.8. The van der Waals surface area contributed by atoms with E-state index in [-0.39, 0.29) is 0 Å². The Hall–Kier alpha value is -3.85. The summed E-state index contributed by atoms with van der Waals surface area (Å²) in [6, 6.07) is 25.6. The molecule has 2 aliphatic rings. The van der Waals surface area contributed by atoms with Gasteiger partial charge in [-0.05, 0) is 63.4 Å². The SMILES string of the molecule is CN(C(N)=Nc1ccc2c(c1)Cc1ccccc1-2)c1ccc2c3c(cccc13)C=C2. The van der Waals surface area contributed by atoms with E-state index in [9.17, 15) is 0 Å². The van der Waals surface area contributed by atoms with E-state index in [4.69, 9.17) is 10.7 Å². The molecule has 0 aliphatic heterocycles. The zero-order chi connectivity index (χ0) is 20.2. The summed E-state index contributed by atoms with van der Waals surface area (Å²) in [6.07, 6.45) is 5.29. The first kappa shape index (κ1) is 17.0. The first-order valence-electron chi connectivity index (χ1n) is 10.2. The average Bonchev–Trinajstić information content (AvgIpc) is 3.36. The first-order chi connectivity index (χ1) is 14.7. The Labute approximate surface area is 175 Å². The van der Waals surface area contributed by atoms with Crippen LogP contribution in [0.5, 0.6) is 0 Å². The lowest BCUT2D eigenvalue weighted by molar-refractivity contribution is 1.22. The third kappa shape index (κ3) is 2.49. The van der Waals surface area contributed by atoms with Crippen molar-refractivity contribution in [3.8, 4) is 11.1 Å². The molecule has 2 N–H and O–H groups in total. The molecule has 3 heteroatoms. The maximum absolute atomic E-state index is 6.45. The van der Waals surface area contributed by atoms with Crippen LogP contribution >= 0.6 is 0 Å². The van der Waals surface area contributed by atoms with Crippen molar-refractivity contribution in [1.82, 2.24) is 0 Å². The topological polar surface area (TPSA) is 41.6 Å². The van der Waals surface area contributed by atoms with E-state index in [0.29, 0.717) is 5.96 Å². The maximum atomic E-state index is 6.45. The van der Waals surface area contributed by atoms with Crippen LogP contribution in [-0.4, -0.2) is 13.0 Å². The van der Waals surface area contributed by atoms with Crippen LogP contribution in [0.25, 0.3) is 34.1 Å². The molecule has 0 saturated heterocycles. The lowest BCUT2D eigenvalue weighted by atomic mass is 10.0. The Morgan fingerprint density at radius 2 is 1.63 bits per heavy atom. The molecule has 0 heterocycles. The summed E-state index contributed by atoms with van der Waals surface area (Å²) in [6.45, 7) is 0. The van der Waals surface area contributed by atoms with Gasteiger partial charge in [-0.2, -0.15) is 0 Å². The number of nitrogens with two attached hydrogens (primary N) is 1. The van der Waals surface area contributed by atoms with E-state index in [2.05, 4.69) is 84.9 Å². The fourth-order valence-corrected chi connectivity index (χ4v) is 4.73. The van der Waals surface area contributed by atoms with Crippen molar-refractivity contribution >= 4 is 40.3 Å². The molecule has 0 aromatic heterocycles. The van der Waals surface area contributed by atoms with E-state index in [1.807, 2.05) is 11.9 Å². The largest absolute Gasteiger partial charge is 0.369 e. The molecule has 0 bridgehead atoms. The molecule has 30 heavy (non-hydrogen) atoms. The van der Waals surface area contributed by atoms with Crippen LogP contribution in [0.15, 0.2) is 77.8 Å². The number of fused-ring (bicyclic) bond motifs is 3. The summed E-state index contributed by atoms with van der Waals surface area (Å²) in [5, 5.41) is 2.48. The van der Waals surface area contributed by atoms with E-state index in [1.165, 1.54) is 44.2 Å². The molecule has 0 amide bonds. The van der Waals surface area contributed by atoms with Crippen molar-refractivity contribution in [3.63, 3.8) is 0 Å². The number of benzene rings is 4. The highest BCUT2D eigenvalue weighted by Gasteiger charge is 2.19. The van der Waals surface area contributed by atoms with Crippen LogP contribution < -0.4 is 10.6 Å². The summed E-state index contributed by atoms with van der Waals surface area (Å²) in [4.78, 5) is 6.72. The Morgan fingerprint density at radius 3 is 2.53 bits per heavy atom. The van der Waals surface area contributed by atoms with Gasteiger partial charge < -0.3 is 10.6 Å². The highest BCUT2D eigenvalue weighted by Crippen LogP contribution is 2.39. The van der Waals surface area contributed by atoms with Gasteiger partial charge in [0.15, 0.2) is 0 Å². The lowest BCUT2D eigenvalue weighted by Gasteiger charge is -2.21. The fraction of sp³-hybridized carbons (Fsp3) is 0.0741. The second-order valence-corrected chi connectivity index (χ2v) is 7.98. The van der Waals surface area contributed by atoms with Crippen LogP contribution in [0.2, 0.25) is 0 Å². The molecule has 0 fully saturated rings. The third-order valence-corrected chi connectivity index (χ3v) is 6.25. The highest BCUT2D eigenvalue weighted by molar-refractivity contribution is 6.12. The fourth-order valence-electron chi connectivity index (χ4n) is 4.73. The molecule has 0 radical (unpaired) electrons. The summed E-state index contributed by atoms with van der Waals surface area (Å²) < 4.78 is 0. The van der Waals surface area contributed by atoms with Crippen LogP contribution in [0.3, 0.4) is 0 Å². The molecule has 4 aromatic rings. The second kappa shape index (κ2) is 6.33. The maximum Gasteiger partial charge on any atom is 0.200 e. The normalized spacial score (nSPS) is 13.6. The van der Waals surface area contributed by atoms with Gasteiger partial charge in [-0.1, -0.05) is 66.7 Å². The monoisotopic (exact) mass is 387 g/mol. The molecule has 0 unspecified atom stereocenters. The van der Waals surface area contributed by atoms with Crippen LogP contribution in [-0.2, 0) is 6.42 Å². The Bertz CT molecular complexity index is 1380. The minimum absolute atomic E-state index is 0.483. The van der Waals surface area contributed by atoms with Gasteiger partial charge in [0, 0.05) is 12.4 Å². The van der Waals surface area contributed by atoms with Crippen molar-refractivity contribution in [1.29, 1.82) is 0 Å². The lowest BCUT2D eigenvalue weighted by Crippen LogP contribution is -2.33. The van der Waals surface area contributed by atoms with Gasteiger partial charge in [-0.15, -0.1) is 0 Å². The van der Waals surface area contributed by atoms with Gasteiger partial charge in [0.1, 0.15) is 0 Å². The van der Waals surface area contributed by atoms with Gasteiger partial charge in [0.05, 0.1) is 11.4 Å². The average molecular weight is 387 g/mol. The predicted molar refractivity (Wildman–Crippen MR) is 127 cm³/mol. The number of nitrogens with zero attached hydrogens (tertiary/aromatic N) is 2. The molecule has 0 spiro atoms. The molecular weight excluding hydrogens is 366 g/mol. The summed E-state index contributed by atoms with van der Waals surface area (Å²) in [7, 11) is 1.98. The number of anilines is 1. The standard InChI is InChI=1S/C27H21N3/c1-30(25-14-11-18-10-9-17-6-4-8-24(25)26(17)18)27(28)29-21-12-13-23-20(16-21)15-19-5-2-3-7-22(19)23/h2-14,16H,15H2,1H3,(H2,28,29). The second-order valence-electron chi connectivity index (χ2n) is 7.98. The number of rotatable bonds is 2. The van der Waals surface area contributed by atoms with Gasteiger partial charge in [0.2, 0.25) is 5.96 Å². The predicted octanol–water partition coefficient (Wildman–Crippen LogP) is 5.98.